The van der Waals surface area contributed by atoms with E-state index in [1.165, 1.54) is 25.9 Å². The Kier molecular flexibility index (Phi) is 6.91. The molecule has 0 aromatic carbocycles. The van der Waals surface area contributed by atoms with Crippen molar-refractivity contribution in [3.8, 4) is 11.8 Å². The second kappa shape index (κ2) is 8.04. The molecular formula is C12H22N2S. The fourth-order valence-electron chi connectivity index (χ4n) is 2.02. The van der Waals surface area contributed by atoms with Gasteiger partial charge in [0.2, 0.25) is 0 Å². The van der Waals surface area contributed by atoms with Crippen LogP contribution in [0.4, 0.5) is 0 Å². The molecule has 0 aromatic heterocycles. The van der Waals surface area contributed by atoms with Crippen LogP contribution in [0, 0.1) is 17.8 Å². The van der Waals surface area contributed by atoms with Gasteiger partial charge in [0.15, 0.2) is 0 Å². The molecule has 1 saturated heterocycles. The Hall–Kier alpha value is -0.170. The molecule has 2 nitrogen and oxygen atoms in total. The van der Waals surface area contributed by atoms with E-state index < -0.39 is 0 Å². The second-order valence-electron chi connectivity index (χ2n) is 4.07. The van der Waals surface area contributed by atoms with Gasteiger partial charge in [-0.3, -0.25) is 0 Å². The summed E-state index contributed by atoms with van der Waals surface area (Å²) in [5.74, 6) is 7.73. The molecule has 0 spiro atoms. The van der Waals surface area contributed by atoms with Gasteiger partial charge in [0.1, 0.15) is 0 Å². The van der Waals surface area contributed by atoms with Crippen LogP contribution < -0.4 is 5.32 Å². The van der Waals surface area contributed by atoms with Crippen LogP contribution in [0.5, 0.6) is 0 Å². The van der Waals surface area contributed by atoms with Crippen LogP contribution in [0.2, 0.25) is 0 Å². The van der Waals surface area contributed by atoms with Crippen molar-refractivity contribution in [3.05, 3.63) is 0 Å². The quantitative estimate of drug-likeness (QED) is 0.420. The zero-order valence-corrected chi connectivity index (χ0v) is 10.5. The van der Waals surface area contributed by atoms with Gasteiger partial charge in [0.25, 0.3) is 0 Å². The maximum Gasteiger partial charge on any atom is 0.0387 e. The van der Waals surface area contributed by atoms with Crippen LogP contribution >= 0.6 is 12.6 Å². The van der Waals surface area contributed by atoms with Gasteiger partial charge in [-0.1, -0.05) is 0 Å². The second-order valence-corrected chi connectivity index (χ2v) is 4.39. The van der Waals surface area contributed by atoms with E-state index in [0.717, 1.165) is 31.3 Å². The van der Waals surface area contributed by atoms with Crippen LogP contribution in [0.1, 0.15) is 26.2 Å². The Labute approximate surface area is 99.2 Å². The van der Waals surface area contributed by atoms with Gasteiger partial charge in [-0.2, -0.15) is 12.6 Å². The van der Waals surface area contributed by atoms with E-state index in [1.807, 2.05) is 6.92 Å². The highest BCUT2D eigenvalue weighted by Gasteiger charge is 2.17. The van der Waals surface area contributed by atoms with Crippen molar-refractivity contribution >= 4 is 12.6 Å². The topological polar surface area (TPSA) is 15.3 Å². The molecule has 0 radical (unpaired) electrons. The zero-order chi connectivity index (χ0) is 10.9. The molecule has 1 aliphatic rings. The lowest BCUT2D eigenvalue weighted by Gasteiger charge is -2.31. The highest BCUT2D eigenvalue weighted by molar-refractivity contribution is 7.80. The first-order chi connectivity index (χ1) is 7.36. The molecular weight excluding hydrogens is 204 g/mol. The summed E-state index contributed by atoms with van der Waals surface area (Å²) in [5.41, 5.74) is 0. The van der Waals surface area contributed by atoms with Gasteiger partial charge in [-0.25, -0.2) is 0 Å². The van der Waals surface area contributed by atoms with Gasteiger partial charge in [-0.05, 0) is 45.3 Å². The van der Waals surface area contributed by atoms with Crippen molar-refractivity contribution in [2.75, 3.05) is 32.1 Å². The molecule has 0 saturated carbocycles. The van der Waals surface area contributed by atoms with Crippen molar-refractivity contribution in [2.24, 2.45) is 5.92 Å². The summed E-state index contributed by atoms with van der Waals surface area (Å²) in [7, 11) is 0. The molecule has 3 heteroatoms. The van der Waals surface area contributed by atoms with Crippen molar-refractivity contribution in [2.45, 2.75) is 26.2 Å². The predicted octanol–water partition coefficient (Wildman–Crippen LogP) is 1.59. The number of hydrogen-bond acceptors (Lipinski definition) is 3. The molecule has 0 bridgehead atoms. The molecule has 0 aliphatic carbocycles. The van der Waals surface area contributed by atoms with Gasteiger partial charge in [-0.15, -0.1) is 11.8 Å². The van der Waals surface area contributed by atoms with E-state index in [1.54, 1.807) is 0 Å². The SMILES string of the molecule is CC#CCCN1CCC(CNCS)CC1. The molecule has 0 unspecified atom stereocenters. The summed E-state index contributed by atoms with van der Waals surface area (Å²) >= 11 is 4.16. The minimum Gasteiger partial charge on any atom is -0.308 e. The molecule has 1 heterocycles. The summed E-state index contributed by atoms with van der Waals surface area (Å²) in [6.45, 7) is 6.67. The molecule has 86 valence electrons. The van der Waals surface area contributed by atoms with E-state index >= 15 is 0 Å². The van der Waals surface area contributed by atoms with Crippen LogP contribution in [0.15, 0.2) is 0 Å². The molecule has 1 aliphatic heterocycles. The standard InChI is InChI=1S/C12H22N2S/c1-2-3-4-7-14-8-5-12(6-9-14)10-13-11-15/h12-13,15H,4-11H2,1H3. The van der Waals surface area contributed by atoms with Crippen LogP contribution in [0.3, 0.4) is 0 Å². The number of hydrogen-bond donors (Lipinski definition) is 2. The average molecular weight is 226 g/mol. The molecule has 1 N–H and O–H groups in total. The van der Waals surface area contributed by atoms with Crippen molar-refractivity contribution in [3.63, 3.8) is 0 Å². The minimum absolute atomic E-state index is 0.798. The molecule has 0 atom stereocenters. The van der Waals surface area contributed by atoms with Crippen LogP contribution in [-0.2, 0) is 0 Å². The van der Waals surface area contributed by atoms with Gasteiger partial charge in [0, 0.05) is 18.8 Å². The van der Waals surface area contributed by atoms with Gasteiger partial charge < -0.3 is 10.2 Å². The smallest absolute Gasteiger partial charge is 0.0387 e. The third-order valence-corrected chi connectivity index (χ3v) is 3.21. The summed E-state index contributed by atoms with van der Waals surface area (Å²) < 4.78 is 0. The number of likely N-dealkylation sites (tertiary alicyclic amines) is 1. The number of rotatable bonds is 5. The zero-order valence-electron chi connectivity index (χ0n) is 9.63. The lowest BCUT2D eigenvalue weighted by Crippen LogP contribution is -2.37. The Morgan fingerprint density at radius 1 is 1.40 bits per heavy atom. The molecule has 0 aromatic rings. The lowest BCUT2D eigenvalue weighted by atomic mass is 9.97. The molecule has 1 rings (SSSR count). The number of nitrogens with zero attached hydrogens (tertiary/aromatic N) is 1. The maximum absolute atomic E-state index is 4.16. The van der Waals surface area contributed by atoms with Crippen molar-refractivity contribution in [1.29, 1.82) is 0 Å². The Bertz CT molecular complexity index is 211. The lowest BCUT2D eigenvalue weighted by molar-refractivity contribution is 0.187. The largest absolute Gasteiger partial charge is 0.308 e. The Morgan fingerprint density at radius 3 is 2.73 bits per heavy atom. The monoisotopic (exact) mass is 226 g/mol. The Balaban J connectivity index is 2.08. The minimum atomic E-state index is 0.798. The first-order valence-electron chi connectivity index (χ1n) is 5.80. The first kappa shape index (κ1) is 12.9. The summed E-state index contributed by atoms with van der Waals surface area (Å²) in [6, 6.07) is 0. The number of nitrogens with one attached hydrogen (secondary N) is 1. The third-order valence-electron chi connectivity index (χ3n) is 2.98. The number of piperidine rings is 1. The molecule has 15 heavy (non-hydrogen) atoms. The van der Waals surface area contributed by atoms with Crippen molar-refractivity contribution in [1.82, 2.24) is 10.2 Å². The highest BCUT2D eigenvalue weighted by atomic mass is 32.1. The van der Waals surface area contributed by atoms with E-state index in [9.17, 15) is 0 Å². The van der Waals surface area contributed by atoms with Crippen LogP contribution in [-0.4, -0.2) is 37.0 Å². The average Bonchev–Trinajstić information content (AvgIpc) is 2.28. The number of thiol groups is 1. The van der Waals surface area contributed by atoms with Gasteiger partial charge >= 0.3 is 0 Å². The van der Waals surface area contributed by atoms with E-state index in [2.05, 4.69) is 34.7 Å². The first-order valence-corrected chi connectivity index (χ1v) is 6.43. The van der Waals surface area contributed by atoms with Gasteiger partial charge in [0.05, 0.1) is 0 Å². The normalized spacial score (nSPS) is 18.5. The van der Waals surface area contributed by atoms with Crippen molar-refractivity contribution < 1.29 is 0 Å². The van der Waals surface area contributed by atoms with Crippen LogP contribution in [0.25, 0.3) is 0 Å². The third kappa shape index (κ3) is 5.46. The van der Waals surface area contributed by atoms with E-state index in [4.69, 9.17) is 0 Å². The Morgan fingerprint density at radius 2 is 2.13 bits per heavy atom. The molecule has 0 amide bonds. The fraction of sp³-hybridized carbons (Fsp3) is 0.833. The highest BCUT2D eigenvalue weighted by Crippen LogP contribution is 2.16. The maximum atomic E-state index is 4.16. The van der Waals surface area contributed by atoms with E-state index in [-0.39, 0.29) is 0 Å². The fourth-order valence-corrected chi connectivity index (χ4v) is 2.15. The summed E-state index contributed by atoms with van der Waals surface area (Å²) in [4.78, 5) is 2.53. The molecule has 1 fully saturated rings. The summed E-state index contributed by atoms with van der Waals surface area (Å²) in [6.07, 6.45) is 3.66. The predicted molar refractivity (Wildman–Crippen MR) is 69.1 cm³/mol. The van der Waals surface area contributed by atoms with E-state index in [0.29, 0.717) is 0 Å². The summed E-state index contributed by atoms with van der Waals surface area (Å²) in [5, 5.41) is 3.31.